The fourth-order valence-electron chi connectivity index (χ4n) is 3.39. The van der Waals surface area contributed by atoms with Gasteiger partial charge in [-0.2, -0.15) is 8.78 Å². The molecule has 4 N–H and O–H groups in total. The zero-order chi connectivity index (χ0) is 23.5. The Labute approximate surface area is 188 Å². The van der Waals surface area contributed by atoms with Crippen LogP contribution in [-0.4, -0.2) is 17.4 Å². The third-order valence-corrected chi connectivity index (χ3v) is 5.38. The van der Waals surface area contributed by atoms with E-state index in [1.165, 1.54) is 41.3 Å². The van der Waals surface area contributed by atoms with Crippen LogP contribution in [0.4, 0.5) is 24.7 Å². The molecule has 1 aromatic heterocycles. The number of rotatable bonds is 8. The van der Waals surface area contributed by atoms with E-state index in [2.05, 4.69) is 4.98 Å². The zero-order valence-electron chi connectivity index (χ0n) is 17.3. The summed E-state index contributed by atoms with van der Waals surface area (Å²) in [5, 5.41) is -0.00912. The molecule has 3 aromatic rings. The van der Waals surface area contributed by atoms with Gasteiger partial charge in [-0.15, -0.1) is 0 Å². The Bertz CT molecular complexity index is 1130. The minimum Gasteiger partial charge on any atom is -0.384 e. The number of alkyl halides is 2. The Morgan fingerprint density at radius 3 is 2.44 bits per heavy atom. The fourth-order valence-corrected chi connectivity index (χ4v) is 3.60. The van der Waals surface area contributed by atoms with Crippen LogP contribution in [0.3, 0.4) is 0 Å². The van der Waals surface area contributed by atoms with E-state index in [1.54, 1.807) is 25.1 Å². The lowest BCUT2D eigenvalue weighted by Gasteiger charge is -2.31. The number of carbonyl (C=O) groups is 1. The van der Waals surface area contributed by atoms with Crippen molar-refractivity contribution in [2.75, 3.05) is 17.2 Å². The number of primary amides is 1. The first kappa shape index (κ1) is 23.4. The number of halogens is 4. The smallest absolute Gasteiger partial charge is 0.290 e. The second-order valence-electron chi connectivity index (χ2n) is 7.41. The molecule has 3 rings (SSSR count). The first-order chi connectivity index (χ1) is 15.1. The van der Waals surface area contributed by atoms with Crippen molar-refractivity contribution in [1.29, 1.82) is 0 Å². The van der Waals surface area contributed by atoms with E-state index in [4.69, 9.17) is 23.1 Å². The average Bonchev–Trinajstić information content (AvgIpc) is 2.73. The standard InChI is InChI=1S/C23H22ClF3N4O/c1-14-15(7-10-20(28)30-14)12-31(13-23(26,27)16-5-3-2-4-6-16)19-9-8-18(24)17(22(19)25)11-21(29)32/h2-10H,11-13H2,1H3,(H2,28,30)(H2,29,32). The van der Waals surface area contributed by atoms with Gasteiger partial charge >= 0.3 is 0 Å². The van der Waals surface area contributed by atoms with Crippen molar-refractivity contribution in [3.8, 4) is 0 Å². The summed E-state index contributed by atoms with van der Waals surface area (Å²) in [5.41, 5.74) is 11.5. The van der Waals surface area contributed by atoms with Crippen molar-refractivity contribution in [3.05, 3.63) is 87.8 Å². The van der Waals surface area contributed by atoms with E-state index in [1.807, 2.05) is 0 Å². The van der Waals surface area contributed by atoms with Gasteiger partial charge in [-0.1, -0.05) is 48.0 Å². The Hall–Kier alpha value is -3.26. The van der Waals surface area contributed by atoms with Gasteiger partial charge in [-0.05, 0) is 30.7 Å². The Balaban J connectivity index is 2.07. The maximum atomic E-state index is 15.4. The first-order valence-corrected chi connectivity index (χ1v) is 10.1. The molecular weight excluding hydrogens is 441 g/mol. The van der Waals surface area contributed by atoms with Crippen LogP contribution in [0.25, 0.3) is 0 Å². The number of hydrogen-bond donors (Lipinski definition) is 2. The molecular formula is C23H22ClF3N4O. The quantitative estimate of drug-likeness (QED) is 0.512. The Morgan fingerprint density at radius 2 is 1.81 bits per heavy atom. The molecule has 0 atom stereocenters. The van der Waals surface area contributed by atoms with Crippen LogP contribution in [0.5, 0.6) is 0 Å². The number of pyridine rings is 1. The van der Waals surface area contributed by atoms with Gasteiger partial charge in [0, 0.05) is 28.4 Å². The maximum absolute atomic E-state index is 15.4. The fraction of sp³-hybridized carbons (Fsp3) is 0.217. The summed E-state index contributed by atoms with van der Waals surface area (Å²) in [6, 6.07) is 13.1. The minimum atomic E-state index is -3.30. The molecule has 0 fully saturated rings. The summed E-state index contributed by atoms with van der Waals surface area (Å²) in [4.78, 5) is 16.7. The van der Waals surface area contributed by atoms with E-state index < -0.39 is 30.6 Å². The Kier molecular flexibility index (Phi) is 6.93. The number of nitrogens with zero attached hydrogens (tertiary/aromatic N) is 2. The average molecular weight is 463 g/mol. The van der Waals surface area contributed by atoms with E-state index in [0.717, 1.165) is 0 Å². The van der Waals surface area contributed by atoms with Crippen LogP contribution in [-0.2, 0) is 23.7 Å². The van der Waals surface area contributed by atoms with E-state index in [9.17, 15) is 4.79 Å². The molecule has 1 amide bonds. The topological polar surface area (TPSA) is 85.2 Å². The van der Waals surface area contributed by atoms with E-state index in [-0.39, 0.29) is 34.2 Å². The molecule has 0 saturated carbocycles. The lowest BCUT2D eigenvalue weighted by Crippen LogP contribution is -2.36. The van der Waals surface area contributed by atoms with E-state index in [0.29, 0.717) is 11.3 Å². The van der Waals surface area contributed by atoms with Gasteiger partial charge in [-0.3, -0.25) is 4.79 Å². The molecule has 5 nitrogen and oxygen atoms in total. The van der Waals surface area contributed by atoms with Gasteiger partial charge < -0.3 is 16.4 Å². The van der Waals surface area contributed by atoms with Crippen molar-refractivity contribution in [1.82, 2.24) is 4.98 Å². The second-order valence-corrected chi connectivity index (χ2v) is 7.82. The highest BCUT2D eigenvalue weighted by Gasteiger charge is 2.35. The summed E-state index contributed by atoms with van der Waals surface area (Å²) in [6.45, 7) is 0.793. The van der Waals surface area contributed by atoms with Gasteiger partial charge in [0.1, 0.15) is 5.82 Å². The maximum Gasteiger partial charge on any atom is 0.290 e. The molecule has 2 aromatic carbocycles. The number of nitrogens with two attached hydrogens (primary N) is 2. The predicted octanol–water partition coefficient (Wildman–Crippen LogP) is 4.59. The third-order valence-electron chi connectivity index (χ3n) is 5.02. The van der Waals surface area contributed by atoms with Gasteiger partial charge in [0.15, 0.2) is 5.82 Å². The zero-order valence-corrected chi connectivity index (χ0v) is 18.0. The van der Waals surface area contributed by atoms with Crippen LogP contribution >= 0.6 is 11.6 Å². The molecule has 0 aliphatic heterocycles. The van der Waals surface area contributed by atoms with Gasteiger partial charge in [0.25, 0.3) is 5.92 Å². The summed E-state index contributed by atoms with van der Waals surface area (Å²) >= 11 is 6.04. The molecule has 0 bridgehead atoms. The number of hydrogen-bond acceptors (Lipinski definition) is 4. The SMILES string of the molecule is Cc1nc(N)ccc1CN(CC(F)(F)c1ccccc1)c1ccc(Cl)c(CC(N)=O)c1F. The molecule has 32 heavy (non-hydrogen) atoms. The van der Waals surface area contributed by atoms with Gasteiger partial charge in [-0.25, -0.2) is 9.37 Å². The monoisotopic (exact) mass is 462 g/mol. The summed E-state index contributed by atoms with van der Waals surface area (Å²) in [5.74, 6) is -4.68. The molecule has 0 aliphatic carbocycles. The molecule has 9 heteroatoms. The molecule has 168 valence electrons. The number of aryl methyl sites for hydroxylation is 1. The minimum absolute atomic E-state index is 0.00912. The molecule has 0 radical (unpaired) electrons. The highest BCUT2D eigenvalue weighted by molar-refractivity contribution is 6.31. The summed E-state index contributed by atoms with van der Waals surface area (Å²) in [7, 11) is 0. The number of anilines is 2. The normalized spacial score (nSPS) is 11.4. The number of amides is 1. The molecule has 1 heterocycles. The summed E-state index contributed by atoms with van der Waals surface area (Å²) in [6.07, 6.45) is -0.454. The van der Waals surface area contributed by atoms with Crippen molar-refractivity contribution in [3.63, 3.8) is 0 Å². The van der Waals surface area contributed by atoms with E-state index >= 15 is 13.2 Å². The van der Waals surface area contributed by atoms with Crippen molar-refractivity contribution >= 4 is 29.0 Å². The van der Waals surface area contributed by atoms with Crippen LogP contribution in [0, 0.1) is 12.7 Å². The third kappa shape index (κ3) is 5.31. The molecule has 0 saturated heterocycles. The lowest BCUT2D eigenvalue weighted by atomic mass is 10.0. The van der Waals surface area contributed by atoms with Crippen molar-refractivity contribution in [2.24, 2.45) is 5.73 Å². The van der Waals surface area contributed by atoms with Crippen LogP contribution in [0.1, 0.15) is 22.4 Å². The van der Waals surface area contributed by atoms with Crippen LogP contribution in [0.15, 0.2) is 54.6 Å². The van der Waals surface area contributed by atoms with Crippen LogP contribution < -0.4 is 16.4 Å². The first-order valence-electron chi connectivity index (χ1n) is 9.74. The largest absolute Gasteiger partial charge is 0.384 e. The highest BCUT2D eigenvalue weighted by Crippen LogP contribution is 2.35. The lowest BCUT2D eigenvalue weighted by molar-refractivity contribution is -0.117. The molecule has 0 unspecified atom stereocenters. The van der Waals surface area contributed by atoms with Crippen molar-refractivity contribution < 1.29 is 18.0 Å². The highest BCUT2D eigenvalue weighted by atomic mass is 35.5. The Morgan fingerprint density at radius 1 is 1.12 bits per heavy atom. The predicted molar refractivity (Wildman–Crippen MR) is 119 cm³/mol. The van der Waals surface area contributed by atoms with Crippen LogP contribution in [0.2, 0.25) is 5.02 Å². The second kappa shape index (κ2) is 9.48. The number of benzene rings is 2. The number of aromatic nitrogens is 1. The van der Waals surface area contributed by atoms with Gasteiger partial charge in [0.2, 0.25) is 5.91 Å². The number of carbonyl (C=O) groups excluding carboxylic acids is 1. The molecule has 0 aliphatic rings. The van der Waals surface area contributed by atoms with Gasteiger partial charge in [0.05, 0.1) is 18.7 Å². The van der Waals surface area contributed by atoms with Crippen molar-refractivity contribution in [2.45, 2.75) is 25.8 Å². The molecule has 0 spiro atoms. The summed E-state index contributed by atoms with van der Waals surface area (Å²) < 4.78 is 45.7. The number of nitrogen functional groups attached to an aromatic ring is 1.